The van der Waals surface area contributed by atoms with E-state index in [-0.39, 0.29) is 6.10 Å². The Morgan fingerprint density at radius 1 is 1.03 bits per heavy atom. The van der Waals surface area contributed by atoms with Gasteiger partial charge in [-0.2, -0.15) is 0 Å². The highest BCUT2D eigenvalue weighted by Gasteiger charge is 2.09. The van der Waals surface area contributed by atoms with E-state index in [2.05, 4.69) is 25.9 Å². The molecule has 33 heavy (non-hydrogen) atoms. The number of rotatable bonds is 12. The molecule has 0 bridgehead atoms. The average Bonchev–Trinajstić information content (AvgIpc) is 2.80. The van der Waals surface area contributed by atoms with Gasteiger partial charge in [0.1, 0.15) is 31.0 Å². The van der Waals surface area contributed by atoms with Crippen LogP contribution in [0.15, 0.2) is 53.7 Å². The number of nitrogens with zero attached hydrogens (tertiary/aromatic N) is 1. The zero-order valence-electron chi connectivity index (χ0n) is 21.6. The molecule has 2 aromatic carbocycles. The van der Waals surface area contributed by atoms with Crippen molar-refractivity contribution in [3.63, 3.8) is 0 Å². The SMILES string of the molecule is C/C=C/COc1cc(C)c(OCCCC(C)Oc2cccc(/C(C)=N\OC)c2)c(C)c1.CC. The van der Waals surface area contributed by atoms with Crippen molar-refractivity contribution >= 4 is 5.71 Å². The van der Waals surface area contributed by atoms with E-state index in [4.69, 9.17) is 19.0 Å². The van der Waals surface area contributed by atoms with Crippen LogP contribution in [0, 0.1) is 13.8 Å². The van der Waals surface area contributed by atoms with Crippen molar-refractivity contribution in [3.8, 4) is 17.2 Å². The van der Waals surface area contributed by atoms with Crippen molar-refractivity contribution in [1.29, 1.82) is 0 Å². The van der Waals surface area contributed by atoms with Gasteiger partial charge < -0.3 is 19.0 Å². The molecule has 2 aromatic rings. The van der Waals surface area contributed by atoms with Crippen molar-refractivity contribution in [1.82, 2.24) is 0 Å². The highest BCUT2D eigenvalue weighted by Crippen LogP contribution is 2.29. The molecule has 5 heteroatoms. The third-order valence-electron chi connectivity index (χ3n) is 4.83. The first-order valence-electron chi connectivity index (χ1n) is 11.8. The molecule has 1 unspecified atom stereocenters. The zero-order valence-corrected chi connectivity index (χ0v) is 21.6. The molecule has 0 fully saturated rings. The Morgan fingerprint density at radius 3 is 2.36 bits per heavy atom. The van der Waals surface area contributed by atoms with E-state index in [1.807, 2.05) is 76.2 Å². The van der Waals surface area contributed by atoms with Crippen LogP contribution >= 0.6 is 0 Å². The number of aryl methyl sites for hydroxylation is 2. The summed E-state index contributed by atoms with van der Waals surface area (Å²) in [6.07, 6.45) is 5.86. The second kappa shape index (κ2) is 15.8. The van der Waals surface area contributed by atoms with Gasteiger partial charge in [-0.05, 0) is 82.9 Å². The van der Waals surface area contributed by atoms with Crippen molar-refractivity contribution in [3.05, 3.63) is 65.2 Å². The van der Waals surface area contributed by atoms with Gasteiger partial charge in [-0.3, -0.25) is 0 Å². The summed E-state index contributed by atoms with van der Waals surface area (Å²) in [5.74, 6) is 2.64. The molecule has 0 saturated heterocycles. The van der Waals surface area contributed by atoms with E-state index >= 15 is 0 Å². The quantitative estimate of drug-likeness (QED) is 0.146. The fourth-order valence-corrected chi connectivity index (χ4v) is 3.28. The highest BCUT2D eigenvalue weighted by molar-refractivity contribution is 5.98. The van der Waals surface area contributed by atoms with Crippen molar-refractivity contribution < 1.29 is 19.0 Å². The summed E-state index contributed by atoms with van der Waals surface area (Å²) < 4.78 is 17.9. The van der Waals surface area contributed by atoms with Crippen LogP contribution in [0.3, 0.4) is 0 Å². The van der Waals surface area contributed by atoms with Crippen LogP contribution in [0.2, 0.25) is 0 Å². The summed E-state index contributed by atoms with van der Waals surface area (Å²) in [6, 6.07) is 12.0. The van der Waals surface area contributed by atoms with Crippen LogP contribution in [-0.2, 0) is 4.84 Å². The molecule has 0 N–H and O–H groups in total. The van der Waals surface area contributed by atoms with E-state index in [9.17, 15) is 0 Å². The molecular weight excluding hydrogens is 414 g/mol. The molecule has 0 aliphatic rings. The lowest BCUT2D eigenvalue weighted by Crippen LogP contribution is -2.14. The molecule has 0 radical (unpaired) electrons. The van der Waals surface area contributed by atoms with E-state index < -0.39 is 0 Å². The van der Waals surface area contributed by atoms with Crippen LogP contribution in [0.5, 0.6) is 17.2 Å². The van der Waals surface area contributed by atoms with Crippen molar-refractivity contribution in [2.45, 2.75) is 67.4 Å². The maximum absolute atomic E-state index is 6.07. The standard InChI is InChI=1S/C26H35NO4.C2H6/c1-7-8-14-29-25-16-19(2)26(20(3)17-25)30-15-10-11-21(4)31-24-13-9-12-23(18-24)22(5)27-28-6;1-2/h7-9,12-13,16-18,21H,10-11,14-15H2,1-6H3;1-2H3/b8-7+,27-22-;. The Hall–Kier alpha value is -2.95. The van der Waals surface area contributed by atoms with E-state index in [0.717, 1.165) is 52.5 Å². The first-order valence-corrected chi connectivity index (χ1v) is 11.8. The van der Waals surface area contributed by atoms with Gasteiger partial charge in [-0.15, -0.1) is 0 Å². The van der Waals surface area contributed by atoms with E-state index in [1.54, 1.807) is 7.11 Å². The molecule has 182 valence electrons. The first kappa shape index (κ1) is 28.1. The van der Waals surface area contributed by atoms with Crippen molar-refractivity contribution in [2.75, 3.05) is 20.3 Å². The molecule has 0 aromatic heterocycles. The minimum absolute atomic E-state index is 0.0862. The maximum atomic E-state index is 6.07. The predicted molar refractivity (Wildman–Crippen MR) is 138 cm³/mol. The van der Waals surface area contributed by atoms with Crippen LogP contribution in [-0.4, -0.2) is 32.1 Å². The molecule has 0 amide bonds. The van der Waals surface area contributed by atoms with Gasteiger partial charge in [0.2, 0.25) is 0 Å². The second-order valence-corrected chi connectivity index (χ2v) is 7.57. The summed E-state index contributed by atoms with van der Waals surface area (Å²) >= 11 is 0. The summed E-state index contributed by atoms with van der Waals surface area (Å²) in [5.41, 5.74) is 3.98. The summed E-state index contributed by atoms with van der Waals surface area (Å²) in [4.78, 5) is 4.85. The molecular formula is C28H41NO4. The third-order valence-corrected chi connectivity index (χ3v) is 4.83. The number of hydrogen-bond donors (Lipinski definition) is 0. The molecule has 0 aliphatic heterocycles. The van der Waals surface area contributed by atoms with Crippen LogP contribution < -0.4 is 14.2 Å². The van der Waals surface area contributed by atoms with Gasteiger partial charge in [-0.1, -0.05) is 43.3 Å². The van der Waals surface area contributed by atoms with Crippen LogP contribution in [0.25, 0.3) is 0 Å². The smallest absolute Gasteiger partial charge is 0.125 e. The molecule has 1 atom stereocenters. The monoisotopic (exact) mass is 455 g/mol. The minimum Gasteiger partial charge on any atom is -0.493 e. The predicted octanol–water partition coefficient (Wildman–Crippen LogP) is 7.28. The largest absolute Gasteiger partial charge is 0.493 e. The third kappa shape index (κ3) is 10.0. The second-order valence-electron chi connectivity index (χ2n) is 7.57. The molecule has 0 spiro atoms. The minimum atomic E-state index is 0.0862. The molecule has 5 nitrogen and oxygen atoms in total. The Kier molecular flexibility index (Phi) is 13.4. The average molecular weight is 456 g/mol. The van der Waals surface area contributed by atoms with E-state index in [0.29, 0.717) is 13.2 Å². The van der Waals surface area contributed by atoms with Gasteiger partial charge in [0, 0.05) is 5.56 Å². The number of hydrogen-bond acceptors (Lipinski definition) is 5. The summed E-state index contributed by atoms with van der Waals surface area (Å²) in [7, 11) is 1.55. The highest BCUT2D eigenvalue weighted by atomic mass is 16.6. The van der Waals surface area contributed by atoms with Crippen molar-refractivity contribution in [2.24, 2.45) is 5.16 Å². The summed E-state index contributed by atoms with van der Waals surface area (Å²) in [5, 5.41) is 3.98. The number of allylic oxidation sites excluding steroid dienone is 1. The van der Waals surface area contributed by atoms with Gasteiger partial charge in [0.05, 0.1) is 18.4 Å². The van der Waals surface area contributed by atoms with Gasteiger partial charge in [0.15, 0.2) is 0 Å². The van der Waals surface area contributed by atoms with Crippen LogP contribution in [0.1, 0.15) is 64.2 Å². The first-order chi connectivity index (χ1) is 15.9. The Labute approximate surface area is 200 Å². The Balaban J connectivity index is 0.00000265. The maximum Gasteiger partial charge on any atom is 0.125 e. The molecule has 0 heterocycles. The fraction of sp³-hybridized carbons (Fsp3) is 0.464. The topological polar surface area (TPSA) is 49.3 Å². The fourth-order valence-electron chi connectivity index (χ4n) is 3.28. The van der Waals surface area contributed by atoms with Gasteiger partial charge in [-0.25, -0.2) is 0 Å². The Morgan fingerprint density at radius 2 is 1.73 bits per heavy atom. The number of ether oxygens (including phenoxy) is 3. The lowest BCUT2D eigenvalue weighted by atomic mass is 10.1. The van der Waals surface area contributed by atoms with Crippen LogP contribution in [0.4, 0.5) is 0 Å². The molecule has 0 saturated carbocycles. The van der Waals surface area contributed by atoms with Gasteiger partial charge >= 0.3 is 0 Å². The Bertz CT molecular complexity index is 866. The zero-order chi connectivity index (χ0) is 24.6. The lowest BCUT2D eigenvalue weighted by molar-refractivity contribution is 0.193. The molecule has 0 aliphatic carbocycles. The lowest BCUT2D eigenvalue weighted by Gasteiger charge is -2.17. The number of benzene rings is 2. The molecule has 2 rings (SSSR count). The summed E-state index contributed by atoms with van der Waals surface area (Å²) in [6.45, 7) is 15.3. The van der Waals surface area contributed by atoms with E-state index in [1.165, 1.54) is 0 Å². The normalized spacial score (nSPS) is 12.1. The van der Waals surface area contributed by atoms with Gasteiger partial charge in [0.25, 0.3) is 0 Å². The number of oxime groups is 1.